The van der Waals surface area contributed by atoms with Gasteiger partial charge < -0.3 is 10.2 Å². The zero-order chi connectivity index (χ0) is 19.7. The molecule has 4 rings (SSSR count). The van der Waals surface area contributed by atoms with Crippen molar-refractivity contribution in [2.24, 2.45) is 0 Å². The third kappa shape index (κ3) is 4.15. The first-order valence-corrected chi connectivity index (χ1v) is 11.2. The first kappa shape index (κ1) is 19.6. The van der Waals surface area contributed by atoms with Crippen LogP contribution in [0.5, 0.6) is 0 Å². The summed E-state index contributed by atoms with van der Waals surface area (Å²) >= 11 is 7.64. The highest BCUT2D eigenvalue weighted by Gasteiger charge is 2.33. The first-order valence-electron chi connectivity index (χ1n) is 9.97. The molecule has 2 heterocycles. The average Bonchev–Trinajstić information content (AvgIpc) is 3.46. The van der Waals surface area contributed by atoms with Crippen molar-refractivity contribution < 1.29 is 4.79 Å². The second kappa shape index (κ2) is 8.33. The lowest BCUT2D eigenvalue weighted by molar-refractivity contribution is -0.115. The molecule has 0 bridgehead atoms. The number of carbonyl (C=O) groups excluding carboxylic acids is 1. The van der Waals surface area contributed by atoms with Crippen LogP contribution < -0.4 is 10.2 Å². The Bertz CT molecular complexity index is 860. The van der Waals surface area contributed by atoms with Gasteiger partial charge in [-0.25, -0.2) is 0 Å². The van der Waals surface area contributed by atoms with Crippen LogP contribution in [0.2, 0.25) is 5.02 Å². The highest BCUT2D eigenvalue weighted by molar-refractivity contribution is 8.00. The fourth-order valence-corrected chi connectivity index (χ4v) is 4.59. The zero-order valence-corrected chi connectivity index (χ0v) is 17.9. The number of amides is 1. The van der Waals surface area contributed by atoms with Crippen molar-refractivity contribution in [2.45, 2.75) is 62.4 Å². The van der Waals surface area contributed by atoms with E-state index >= 15 is 0 Å². The topological polar surface area (TPSA) is 63.1 Å². The predicted octanol–water partition coefficient (Wildman–Crippen LogP) is 4.68. The second-order valence-corrected chi connectivity index (χ2v) is 9.31. The fraction of sp³-hybridized carbons (Fsp3) is 0.550. The van der Waals surface area contributed by atoms with Gasteiger partial charge in [0, 0.05) is 29.8 Å². The number of carbonyl (C=O) groups is 1. The molecular formula is C20H26ClN5OS. The number of benzene rings is 1. The quantitative estimate of drug-likeness (QED) is 0.688. The van der Waals surface area contributed by atoms with E-state index < -0.39 is 0 Å². The minimum Gasteiger partial charge on any atom is -0.341 e. The van der Waals surface area contributed by atoms with E-state index in [4.69, 9.17) is 11.6 Å². The summed E-state index contributed by atoms with van der Waals surface area (Å²) < 4.78 is 2.25. The van der Waals surface area contributed by atoms with Gasteiger partial charge in [-0.3, -0.25) is 9.36 Å². The maximum atomic E-state index is 12.7. The predicted molar refractivity (Wildman–Crippen MR) is 114 cm³/mol. The highest BCUT2D eigenvalue weighted by Crippen LogP contribution is 2.42. The molecule has 6 nitrogen and oxygen atoms in total. The second-order valence-electron chi connectivity index (χ2n) is 7.59. The molecule has 1 N–H and O–H groups in total. The van der Waals surface area contributed by atoms with E-state index in [0.717, 1.165) is 48.3 Å². The highest BCUT2D eigenvalue weighted by atomic mass is 35.5. The third-order valence-corrected chi connectivity index (χ3v) is 6.84. The maximum Gasteiger partial charge on any atom is 0.237 e. The minimum absolute atomic E-state index is 0.0553. The van der Waals surface area contributed by atoms with Gasteiger partial charge in [0.2, 0.25) is 11.9 Å². The van der Waals surface area contributed by atoms with Crippen molar-refractivity contribution >= 4 is 40.9 Å². The molecule has 2 aromatic rings. The minimum atomic E-state index is -0.283. The molecular weight excluding hydrogens is 394 g/mol. The normalized spacial score (nSPS) is 18.2. The van der Waals surface area contributed by atoms with Crippen LogP contribution in [0.25, 0.3) is 0 Å². The molecule has 1 aliphatic carbocycles. The molecule has 0 radical (unpaired) electrons. The van der Waals surface area contributed by atoms with Crippen LogP contribution in [0.3, 0.4) is 0 Å². The number of aromatic nitrogens is 3. The molecule has 28 heavy (non-hydrogen) atoms. The number of nitrogens with zero attached hydrogens (tertiary/aromatic N) is 4. The van der Waals surface area contributed by atoms with Crippen LogP contribution in [0.15, 0.2) is 23.4 Å². The number of hydrogen-bond donors (Lipinski definition) is 1. The summed E-state index contributed by atoms with van der Waals surface area (Å²) in [5.74, 6) is 0.920. The van der Waals surface area contributed by atoms with E-state index in [-0.39, 0.29) is 11.2 Å². The van der Waals surface area contributed by atoms with Crippen molar-refractivity contribution in [3.05, 3.63) is 28.8 Å². The summed E-state index contributed by atoms with van der Waals surface area (Å²) in [4.78, 5) is 15.1. The van der Waals surface area contributed by atoms with Gasteiger partial charge in [0.15, 0.2) is 5.16 Å². The molecule has 0 spiro atoms. The summed E-state index contributed by atoms with van der Waals surface area (Å²) in [6.45, 7) is 5.90. The van der Waals surface area contributed by atoms with E-state index in [1.807, 2.05) is 32.0 Å². The number of piperidine rings is 1. The lowest BCUT2D eigenvalue weighted by Crippen LogP contribution is -2.32. The molecule has 150 valence electrons. The molecule has 1 aromatic heterocycles. The number of rotatable bonds is 6. The SMILES string of the molecule is Cc1c(Cl)cccc1NC(=O)C(C)Sc1nnc(N2CCCCC2)n1C1CC1. The smallest absolute Gasteiger partial charge is 0.237 e. The van der Waals surface area contributed by atoms with Gasteiger partial charge in [-0.15, -0.1) is 10.2 Å². The van der Waals surface area contributed by atoms with E-state index in [1.54, 1.807) is 0 Å². The van der Waals surface area contributed by atoms with Gasteiger partial charge in [-0.1, -0.05) is 29.4 Å². The molecule has 1 aromatic carbocycles. The molecule has 1 amide bonds. The van der Waals surface area contributed by atoms with Gasteiger partial charge in [0.25, 0.3) is 0 Å². The van der Waals surface area contributed by atoms with Crippen molar-refractivity contribution in [1.29, 1.82) is 0 Å². The lowest BCUT2D eigenvalue weighted by atomic mass is 10.1. The van der Waals surface area contributed by atoms with Gasteiger partial charge in [0.05, 0.1) is 5.25 Å². The van der Waals surface area contributed by atoms with E-state index in [2.05, 4.69) is 25.0 Å². The summed E-state index contributed by atoms with van der Waals surface area (Å²) in [5.41, 5.74) is 1.63. The molecule has 1 atom stereocenters. The van der Waals surface area contributed by atoms with Gasteiger partial charge in [0.1, 0.15) is 0 Å². The number of hydrogen-bond acceptors (Lipinski definition) is 5. The van der Waals surface area contributed by atoms with E-state index in [0.29, 0.717) is 11.1 Å². The Morgan fingerprint density at radius 1 is 1.25 bits per heavy atom. The van der Waals surface area contributed by atoms with Crippen molar-refractivity contribution in [1.82, 2.24) is 14.8 Å². The molecule has 1 aliphatic heterocycles. The maximum absolute atomic E-state index is 12.7. The standard InChI is InChI=1S/C20H26ClN5OS/c1-13-16(21)7-6-8-17(13)22-18(27)14(2)28-20-24-23-19(26(20)15-9-10-15)25-11-4-3-5-12-25/h6-8,14-15H,3-5,9-12H2,1-2H3,(H,22,27). The van der Waals surface area contributed by atoms with E-state index in [1.165, 1.54) is 31.0 Å². The first-order chi connectivity index (χ1) is 13.5. The summed E-state index contributed by atoms with van der Waals surface area (Å²) in [6.07, 6.45) is 6.02. The summed E-state index contributed by atoms with van der Waals surface area (Å²) in [7, 11) is 0. The number of anilines is 2. The van der Waals surface area contributed by atoms with Gasteiger partial charge in [-0.2, -0.15) is 0 Å². The van der Waals surface area contributed by atoms with Crippen LogP contribution in [0, 0.1) is 6.92 Å². The molecule has 8 heteroatoms. The Kier molecular flexibility index (Phi) is 5.83. The van der Waals surface area contributed by atoms with Crippen LogP contribution in [0.4, 0.5) is 11.6 Å². The van der Waals surface area contributed by atoms with Crippen molar-refractivity contribution in [3.8, 4) is 0 Å². The van der Waals surface area contributed by atoms with Crippen molar-refractivity contribution in [2.75, 3.05) is 23.3 Å². The molecule has 2 aliphatic rings. The van der Waals surface area contributed by atoms with Crippen LogP contribution in [-0.2, 0) is 4.79 Å². The average molecular weight is 420 g/mol. The van der Waals surface area contributed by atoms with Crippen LogP contribution in [0.1, 0.15) is 50.6 Å². The van der Waals surface area contributed by atoms with Crippen LogP contribution in [-0.4, -0.2) is 39.0 Å². The van der Waals surface area contributed by atoms with E-state index in [9.17, 15) is 4.79 Å². The number of halogens is 1. The molecule has 1 unspecified atom stereocenters. The van der Waals surface area contributed by atoms with Crippen LogP contribution >= 0.6 is 23.4 Å². The Morgan fingerprint density at radius 3 is 2.71 bits per heavy atom. The fourth-order valence-electron chi connectivity index (χ4n) is 3.50. The number of thioether (sulfide) groups is 1. The Morgan fingerprint density at radius 2 is 2.00 bits per heavy atom. The zero-order valence-electron chi connectivity index (χ0n) is 16.3. The monoisotopic (exact) mass is 419 g/mol. The largest absolute Gasteiger partial charge is 0.341 e. The van der Waals surface area contributed by atoms with Crippen molar-refractivity contribution in [3.63, 3.8) is 0 Å². The molecule has 1 saturated carbocycles. The Hall–Kier alpha value is -1.73. The van der Waals surface area contributed by atoms with Gasteiger partial charge >= 0.3 is 0 Å². The summed E-state index contributed by atoms with van der Waals surface area (Å²) in [5, 5.41) is 13.1. The molecule has 1 saturated heterocycles. The summed E-state index contributed by atoms with van der Waals surface area (Å²) in [6, 6.07) is 6.01. The third-order valence-electron chi connectivity index (χ3n) is 5.37. The molecule has 2 fully saturated rings. The number of nitrogens with one attached hydrogen (secondary N) is 1. The Balaban J connectivity index is 1.48. The lowest BCUT2D eigenvalue weighted by Gasteiger charge is -2.28. The van der Waals surface area contributed by atoms with Gasteiger partial charge in [-0.05, 0) is 63.6 Å². The Labute approximate surface area is 175 Å².